The second-order valence-corrected chi connectivity index (χ2v) is 7.33. The molecule has 2 radical (unpaired) electrons. The van der Waals surface area contributed by atoms with Crippen LogP contribution >= 0.6 is 0 Å². The van der Waals surface area contributed by atoms with Crippen LogP contribution in [0.25, 0.3) is 0 Å². The van der Waals surface area contributed by atoms with E-state index in [4.69, 9.17) is 18.3 Å². The lowest BCUT2D eigenvalue weighted by Crippen LogP contribution is -2.51. The van der Waals surface area contributed by atoms with E-state index in [-0.39, 0.29) is 17.5 Å². The summed E-state index contributed by atoms with van der Waals surface area (Å²) in [5.41, 5.74) is 6.01. The number of benzene rings is 1. The third-order valence-corrected chi connectivity index (χ3v) is 5.68. The highest BCUT2D eigenvalue weighted by Gasteiger charge is 2.57. The van der Waals surface area contributed by atoms with E-state index in [9.17, 15) is 4.79 Å². The second kappa shape index (κ2) is 5.26. The van der Waals surface area contributed by atoms with Crippen molar-refractivity contribution in [2.24, 2.45) is 10.7 Å². The van der Waals surface area contributed by atoms with Crippen LogP contribution < -0.4 is 15.9 Å². The summed E-state index contributed by atoms with van der Waals surface area (Å²) in [7, 11) is 7.66. The Labute approximate surface area is 143 Å². The molecule has 1 aromatic rings. The van der Waals surface area contributed by atoms with Crippen LogP contribution in [0.15, 0.2) is 23.2 Å². The number of hydrogen-bond donors (Lipinski definition) is 1. The first-order valence-electron chi connectivity index (χ1n) is 8.68. The molecule has 2 aliphatic heterocycles. The molecule has 0 saturated heterocycles. The van der Waals surface area contributed by atoms with Crippen molar-refractivity contribution in [3.05, 3.63) is 23.8 Å². The minimum Gasteiger partial charge on any atom is -0.487 e. The predicted octanol–water partition coefficient (Wildman–Crippen LogP) is 1.34. The standard InChI is InChI=1S/C18H22BN3O2/c1-22-15(23)18(21-16(22)20)11-17(8-4-2-3-5-9-17)24-14-7-6-12(19)10-13(14)18/h6-7,10H,2-5,8-9,11H2,1H3,(H2,20,21). The normalized spacial score (nSPS) is 28.5. The van der Waals surface area contributed by atoms with Gasteiger partial charge in [-0.1, -0.05) is 30.4 Å². The molecule has 0 bridgehead atoms. The monoisotopic (exact) mass is 323 g/mol. The number of likely N-dealkylation sites (N-methyl/N-ethyl adjacent to an activating group) is 1. The van der Waals surface area contributed by atoms with Crippen molar-refractivity contribution in [2.75, 3.05) is 7.05 Å². The largest absolute Gasteiger partial charge is 0.487 e. The number of amides is 1. The lowest BCUT2D eigenvalue weighted by atomic mass is 9.72. The number of ether oxygens (including phenoxy) is 1. The number of carbonyl (C=O) groups excluding carboxylic acids is 1. The van der Waals surface area contributed by atoms with Crippen molar-refractivity contribution in [1.82, 2.24) is 4.90 Å². The Balaban J connectivity index is 1.89. The van der Waals surface area contributed by atoms with Crippen LogP contribution in [-0.4, -0.2) is 37.3 Å². The van der Waals surface area contributed by atoms with E-state index in [0.29, 0.717) is 11.9 Å². The van der Waals surface area contributed by atoms with Crippen LogP contribution in [0.2, 0.25) is 0 Å². The lowest BCUT2D eigenvalue weighted by molar-refractivity contribution is -0.134. The molecule has 0 aromatic heterocycles. The molecule has 2 N–H and O–H groups in total. The predicted molar refractivity (Wildman–Crippen MR) is 93.6 cm³/mol. The Hall–Kier alpha value is -1.98. The average molecular weight is 323 g/mol. The Kier molecular flexibility index (Phi) is 3.41. The average Bonchev–Trinajstić information content (AvgIpc) is 2.73. The van der Waals surface area contributed by atoms with Gasteiger partial charge in [0.15, 0.2) is 11.5 Å². The zero-order valence-electron chi connectivity index (χ0n) is 14.0. The number of guanidine groups is 1. The third-order valence-electron chi connectivity index (χ3n) is 5.68. The van der Waals surface area contributed by atoms with Crippen molar-refractivity contribution in [3.8, 4) is 5.75 Å². The van der Waals surface area contributed by atoms with E-state index in [1.807, 2.05) is 18.2 Å². The zero-order valence-corrected chi connectivity index (χ0v) is 14.0. The Bertz CT molecular complexity index is 725. The van der Waals surface area contributed by atoms with Gasteiger partial charge >= 0.3 is 0 Å². The molecule has 1 fully saturated rings. The summed E-state index contributed by atoms with van der Waals surface area (Å²) in [5.74, 6) is 0.898. The summed E-state index contributed by atoms with van der Waals surface area (Å²) in [6.45, 7) is 0. The van der Waals surface area contributed by atoms with Gasteiger partial charge in [0.25, 0.3) is 5.91 Å². The van der Waals surface area contributed by atoms with E-state index < -0.39 is 5.54 Å². The van der Waals surface area contributed by atoms with Crippen LogP contribution in [0.5, 0.6) is 5.75 Å². The molecule has 2 heterocycles. The summed E-state index contributed by atoms with van der Waals surface area (Å²) in [6, 6.07) is 5.50. The molecule has 1 amide bonds. The van der Waals surface area contributed by atoms with Gasteiger partial charge in [0.1, 0.15) is 19.2 Å². The van der Waals surface area contributed by atoms with Gasteiger partial charge in [0.2, 0.25) is 0 Å². The second-order valence-electron chi connectivity index (χ2n) is 7.33. The number of rotatable bonds is 0. The van der Waals surface area contributed by atoms with Crippen LogP contribution in [0.4, 0.5) is 0 Å². The number of carbonyl (C=O) groups is 1. The maximum atomic E-state index is 13.1. The maximum absolute atomic E-state index is 13.1. The van der Waals surface area contributed by atoms with Gasteiger partial charge in [0, 0.05) is 19.0 Å². The molecule has 1 aliphatic carbocycles. The van der Waals surface area contributed by atoms with Crippen molar-refractivity contribution < 1.29 is 9.53 Å². The van der Waals surface area contributed by atoms with Gasteiger partial charge < -0.3 is 10.5 Å². The topological polar surface area (TPSA) is 67.9 Å². The molecule has 1 atom stereocenters. The first-order chi connectivity index (χ1) is 11.5. The van der Waals surface area contributed by atoms with Crippen LogP contribution in [-0.2, 0) is 10.3 Å². The van der Waals surface area contributed by atoms with Crippen molar-refractivity contribution in [2.45, 2.75) is 56.1 Å². The molecule has 6 heteroatoms. The summed E-state index contributed by atoms with van der Waals surface area (Å²) >= 11 is 0. The highest BCUT2D eigenvalue weighted by Crippen LogP contribution is 2.52. The Morgan fingerprint density at radius 3 is 2.58 bits per heavy atom. The molecular weight excluding hydrogens is 301 g/mol. The van der Waals surface area contributed by atoms with E-state index in [1.54, 1.807) is 7.05 Å². The molecular formula is C18H22BN3O2. The van der Waals surface area contributed by atoms with E-state index >= 15 is 0 Å². The number of aliphatic imine (C=N–C) groups is 1. The fraction of sp³-hybridized carbons (Fsp3) is 0.556. The van der Waals surface area contributed by atoms with Crippen molar-refractivity contribution in [1.29, 1.82) is 0 Å². The summed E-state index contributed by atoms with van der Waals surface area (Å²) in [5, 5.41) is 0. The lowest BCUT2D eigenvalue weighted by Gasteiger charge is -2.45. The smallest absolute Gasteiger partial charge is 0.261 e. The van der Waals surface area contributed by atoms with E-state index in [0.717, 1.165) is 37.0 Å². The molecule has 1 saturated carbocycles. The minimum absolute atomic E-state index is 0.0845. The minimum atomic E-state index is -0.994. The molecule has 24 heavy (non-hydrogen) atoms. The highest BCUT2D eigenvalue weighted by atomic mass is 16.5. The van der Waals surface area contributed by atoms with Gasteiger partial charge in [-0.25, -0.2) is 4.99 Å². The summed E-state index contributed by atoms with van der Waals surface area (Å²) in [4.78, 5) is 19.2. The van der Waals surface area contributed by atoms with E-state index in [2.05, 4.69) is 4.99 Å². The molecule has 5 nitrogen and oxygen atoms in total. The van der Waals surface area contributed by atoms with Crippen LogP contribution in [0.3, 0.4) is 0 Å². The first kappa shape index (κ1) is 15.5. The Morgan fingerprint density at radius 1 is 1.25 bits per heavy atom. The van der Waals surface area contributed by atoms with Gasteiger partial charge in [-0.3, -0.25) is 9.69 Å². The first-order valence-corrected chi connectivity index (χ1v) is 8.68. The Morgan fingerprint density at radius 2 is 1.96 bits per heavy atom. The molecule has 3 aliphatic rings. The summed E-state index contributed by atoms with van der Waals surface area (Å²) in [6.07, 6.45) is 7.10. The molecule has 2 spiro atoms. The SMILES string of the molecule is [B]c1ccc2c(c1)C1(CC3(CCCCCC3)O2)N=C(N)N(C)C1=O. The van der Waals surface area contributed by atoms with Crippen molar-refractivity contribution in [3.63, 3.8) is 0 Å². The van der Waals surface area contributed by atoms with Gasteiger partial charge in [0.05, 0.1) is 0 Å². The van der Waals surface area contributed by atoms with E-state index in [1.165, 1.54) is 17.7 Å². The fourth-order valence-corrected chi connectivity index (χ4v) is 4.43. The fourth-order valence-electron chi connectivity index (χ4n) is 4.43. The number of fused-ring (bicyclic) bond motifs is 2. The van der Waals surface area contributed by atoms with Gasteiger partial charge in [-0.15, -0.1) is 0 Å². The number of nitrogens with two attached hydrogens (primary N) is 1. The number of nitrogens with zero attached hydrogens (tertiary/aromatic N) is 2. The highest BCUT2D eigenvalue weighted by molar-refractivity contribution is 6.32. The third kappa shape index (κ3) is 2.15. The quantitative estimate of drug-likeness (QED) is 0.733. The van der Waals surface area contributed by atoms with Gasteiger partial charge in [-0.05, 0) is 31.7 Å². The van der Waals surface area contributed by atoms with Crippen molar-refractivity contribution >= 4 is 25.2 Å². The van der Waals surface area contributed by atoms with Crippen LogP contribution in [0, 0.1) is 0 Å². The van der Waals surface area contributed by atoms with Gasteiger partial charge in [-0.2, -0.15) is 0 Å². The molecule has 1 aromatic carbocycles. The summed E-state index contributed by atoms with van der Waals surface area (Å²) < 4.78 is 6.46. The van der Waals surface area contributed by atoms with Crippen LogP contribution in [0.1, 0.15) is 50.5 Å². The number of hydrogen-bond acceptors (Lipinski definition) is 4. The molecule has 124 valence electrons. The zero-order chi connectivity index (χ0) is 16.9. The molecule has 4 rings (SSSR count). The maximum Gasteiger partial charge on any atom is 0.261 e. The molecule has 1 unspecified atom stereocenters.